The van der Waals surface area contributed by atoms with Crippen molar-refractivity contribution in [3.63, 3.8) is 0 Å². The minimum atomic E-state index is -0.704. The molecule has 0 aromatic heterocycles. The average Bonchev–Trinajstić information content (AvgIpc) is 2.70. The van der Waals surface area contributed by atoms with Gasteiger partial charge in [-0.1, -0.05) is 19.3 Å². The van der Waals surface area contributed by atoms with E-state index in [2.05, 4.69) is 0 Å². The Hall–Kier alpha value is -0.610. The van der Waals surface area contributed by atoms with E-state index < -0.39 is 5.97 Å². The predicted molar refractivity (Wildman–Crippen MR) is 60.2 cm³/mol. The van der Waals surface area contributed by atoms with E-state index >= 15 is 0 Å². The first-order chi connectivity index (χ1) is 7.74. The Morgan fingerprint density at radius 1 is 1.12 bits per heavy atom. The number of aliphatic hydroxyl groups excluding tert-OH is 1. The Morgan fingerprint density at radius 2 is 1.81 bits per heavy atom. The second-order valence-electron chi connectivity index (χ2n) is 4.59. The number of ether oxygens (including phenoxy) is 1. The third-order valence-corrected chi connectivity index (χ3v) is 3.28. The molecule has 4 nitrogen and oxygen atoms in total. The molecule has 1 aliphatic heterocycles. The van der Waals surface area contributed by atoms with E-state index in [0.29, 0.717) is 18.4 Å². The van der Waals surface area contributed by atoms with Crippen LogP contribution in [0.1, 0.15) is 38.5 Å². The number of unbranched alkanes of at least 4 members (excludes halogenated alkanes) is 3. The van der Waals surface area contributed by atoms with Crippen molar-refractivity contribution in [3.05, 3.63) is 0 Å². The van der Waals surface area contributed by atoms with Gasteiger partial charge in [-0.3, -0.25) is 4.79 Å². The first kappa shape index (κ1) is 13.5. The molecule has 4 heteroatoms. The minimum absolute atomic E-state index is 0.226. The second-order valence-corrected chi connectivity index (χ2v) is 4.59. The molecule has 1 heterocycles. The van der Waals surface area contributed by atoms with Crippen molar-refractivity contribution >= 4 is 5.97 Å². The van der Waals surface area contributed by atoms with Crippen LogP contribution in [0, 0.1) is 11.8 Å². The van der Waals surface area contributed by atoms with E-state index in [-0.39, 0.29) is 13.0 Å². The molecule has 16 heavy (non-hydrogen) atoms. The minimum Gasteiger partial charge on any atom is -0.481 e. The lowest BCUT2D eigenvalue weighted by atomic mass is 9.91. The van der Waals surface area contributed by atoms with Crippen molar-refractivity contribution in [1.82, 2.24) is 0 Å². The smallest absolute Gasteiger partial charge is 0.303 e. The molecule has 1 rings (SSSR count). The van der Waals surface area contributed by atoms with Crippen molar-refractivity contribution in [2.45, 2.75) is 38.5 Å². The van der Waals surface area contributed by atoms with Gasteiger partial charge in [0, 0.05) is 25.6 Å². The molecular weight excluding hydrogens is 208 g/mol. The number of rotatable bonds is 8. The van der Waals surface area contributed by atoms with E-state index in [4.69, 9.17) is 14.9 Å². The van der Waals surface area contributed by atoms with Crippen molar-refractivity contribution in [1.29, 1.82) is 0 Å². The van der Waals surface area contributed by atoms with Crippen molar-refractivity contribution in [3.8, 4) is 0 Å². The molecule has 0 radical (unpaired) electrons. The number of hydrogen-bond donors (Lipinski definition) is 2. The van der Waals surface area contributed by atoms with Crippen LogP contribution in [-0.2, 0) is 9.53 Å². The summed E-state index contributed by atoms with van der Waals surface area (Å²) in [6.45, 7) is 1.70. The molecule has 2 unspecified atom stereocenters. The molecule has 0 bridgehead atoms. The molecule has 0 amide bonds. The van der Waals surface area contributed by atoms with Crippen LogP contribution in [0.25, 0.3) is 0 Å². The first-order valence-corrected chi connectivity index (χ1v) is 6.14. The summed E-state index contributed by atoms with van der Waals surface area (Å²) in [5, 5.41) is 17.6. The van der Waals surface area contributed by atoms with E-state index in [0.717, 1.165) is 38.7 Å². The van der Waals surface area contributed by atoms with E-state index in [1.54, 1.807) is 0 Å². The van der Waals surface area contributed by atoms with Gasteiger partial charge in [-0.05, 0) is 18.8 Å². The van der Waals surface area contributed by atoms with Crippen molar-refractivity contribution in [2.24, 2.45) is 11.8 Å². The average molecular weight is 230 g/mol. The van der Waals surface area contributed by atoms with Gasteiger partial charge in [-0.25, -0.2) is 0 Å². The Kier molecular flexibility index (Phi) is 6.42. The van der Waals surface area contributed by atoms with Gasteiger partial charge < -0.3 is 14.9 Å². The molecule has 0 saturated carbocycles. The summed E-state index contributed by atoms with van der Waals surface area (Å²) in [4.78, 5) is 10.3. The second kappa shape index (κ2) is 7.63. The monoisotopic (exact) mass is 230 g/mol. The van der Waals surface area contributed by atoms with Crippen molar-refractivity contribution in [2.75, 3.05) is 19.8 Å². The molecular formula is C12H22O4. The summed E-state index contributed by atoms with van der Waals surface area (Å²) in [6.07, 6.45) is 5.35. The van der Waals surface area contributed by atoms with Gasteiger partial charge in [0.05, 0.1) is 6.61 Å². The summed E-state index contributed by atoms with van der Waals surface area (Å²) in [5.74, 6) is 0.119. The third-order valence-electron chi connectivity index (χ3n) is 3.28. The van der Waals surface area contributed by atoms with Gasteiger partial charge in [0.15, 0.2) is 0 Å². The number of carboxylic acid groups (broad SMARTS) is 1. The molecule has 0 aliphatic carbocycles. The highest BCUT2D eigenvalue weighted by molar-refractivity contribution is 5.66. The quantitative estimate of drug-likeness (QED) is 0.622. The van der Waals surface area contributed by atoms with Crippen LogP contribution in [0.15, 0.2) is 0 Å². The van der Waals surface area contributed by atoms with Crippen LogP contribution >= 0.6 is 0 Å². The van der Waals surface area contributed by atoms with Crippen LogP contribution in [-0.4, -0.2) is 36.0 Å². The largest absolute Gasteiger partial charge is 0.481 e. The Balaban J connectivity index is 1.96. The summed E-state index contributed by atoms with van der Waals surface area (Å²) < 4.78 is 5.33. The van der Waals surface area contributed by atoms with Gasteiger partial charge in [0.1, 0.15) is 0 Å². The lowest BCUT2D eigenvalue weighted by Crippen LogP contribution is -2.16. The van der Waals surface area contributed by atoms with Gasteiger partial charge >= 0.3 is 5.97 Å². The molecule has 1 saturated heterocycles. The van der Waals surface area contributed by atoms with E-state index in [1.165, 1.54) is 0 Å². The maximum Gasteiger partial charge on any atom is 0.303 e. The SMILES string of the molecule is O=C(O)CCCCCCC1COCC1CO. The van der Waals surface area contributed by atoms with Crippen LogP contribution in [0.4, 0.5) is 0 Å². The van der Waals surface area contributed by atoms with Gasteiger partial charge in [-0.15, -0.1) is 0 Å². The molecule has 0 aromatic carbocycles. The number of aliphatic carboxylic acids is 1. The Labute approximate surface area is 96.6 Å². The zero-order valence-corrected chi connectivity index (χ0v) is 9.73. The summed E-state index contributed by atoms with van der Waals surface area (Å²) >= 11 is 0. The maximum atomic E-state index is 10.3. The highest BCUT2D eigenvalue weighted by atomic mass is 16.5. The lowest BCUT2D eigenvalue weighted by Gasteiger charge is -2.14. The van der Waals surface area contributed by atoms with Crippen LogP contribution < -0.4 is 0 Å². The highest BCUT2D eigenvalue weighted by Crippen LogP contribution is 2.25. The lowest BCUT2D eigenvalue weighted by molar-refractivity contribution is -0.137. The standard InChI is InChI=1S/C12H22O4/c13-7-11-9-16-8-10(11)5-3-1-2-4-6-12(14)15/h10-11,13H,1-9H2,(H,14,15). The Morgan fingerprint density at radius 3 is 2.50 bits per heavy atom. The molecule has 2 atom stereocenters. The van der Waals surface area contributed by atoms with E-state index in [1.807, 2.05) is 0 Å². The number of carbonyl (C=O) groups is 1. The van der Waals surface area contributed by atoms with Gasteiger partial charge in [0.25, 0.3) is 0 Å². The molecule has 94 valence electrons. The fourth-order valence-electron chi connectivity index (χ4n) is 2.20. The molecule has 1 aliphatic rings. The normalized spacial score (nSPS) is 24.8. The number of carboxylic acids is 1. The summed E-state index contributed by atoms with van der Waals surface area (Å²) in [7, 11) is 0. The van der Waals surface area contributed by atoms with Gasteiger partial charge in [-0.2, -0.15) is 0 Å². The topological polar surface area (TPSA) is 66.8 Å². The van der Waals surface area contributed by atoms with Crippen LogP contribution in [0.2, 0.25) is 0 Å². The predicted octanol–water partition coefficient (Wildman–Crippen LogP) is 1.67. The van der Waals surface area contributed by atoms with E-state index in [9.17, 15) is 4.79 Å². The molecule has 1 fully saturated rings. The Bertz CT molecular complexity index is 205. The number of aliphatic hydroxyl groups is 1. The van der Waals surface area contributed by atoms with Crippen molar-refractivity contribution < 1.29 is 19.7 Å². The zero-order valence-electron chi connectivity index (χ0n) is 9.73. The maximum absolute atomic E-state index is 10.3. The van der Waals surface area contributed by atoms with Crippen LogP contribution in [0.5, 0.6) is 0 Å². The molecule has 0 aromatic rings. The first-order valence-electron chi connectivity index (χ1n) is 6.14. The summed E-state index contributed by atoms with van der Waals surface area (Å²) in [5.41, 5.74) is 0. The third kappa shape index (κ3) is 4.94. The zero-order chi connectivity index (χ0) is 11.8. The van der Waals surface area contributed by atoms with Crippen LogP contribution in [0.3, 0.4) is 0 Å². The fraction of sp³-hybridized carbons (Fsp3) is 0.917. The van der Waals surface area contributed by atoms with Gasteiger partial charge in [0.2, 0.25) is 0 Å². The number of hydrogen-bond acceptors (Lipinski definition) is 3. The fourth-order valence-corrected chi connectivity index (χ4v) is 2.20. The molecule has 2 N–H and O–H groups in total. The highest BCUT2D eigenvalue weighted by Gasteiger charge is 2.26. The summed E-state index contributed by atoms with van der Waals surface area (Å²) in [6, 6.07) is 0. The molecule has 0 spiro atoms.